The van der Waals surface area contributed by atoms with Crippen molar-refractivity contribution in [3.05, 3.63) is 93.6 Å². The number of hydrogen-bond acceptors (Lipinski definition) is 5. The molecule has 0 radical (unpaired) electrons. The molecule has 31 heavy (non-hydrogen) atoms. The van der Waals surface area contributed by atoms with E-state index in [4.69, 9.17) is 9.52 Å². The second-order valence-electron chi connectivity index (χ2n) is 7.04. The molecule has 0 aliphatic heterocycles. The molecule has 3 aromatic carbocycles. The molecule has 0 aliphatic carbocycles. The predicted molar refractivity (Wildman–Crippen MR) is 116 cm³/mol. The Morgan fingerprint density at radius 3 is 2.35 bits per heavy atom. The number of carboxylic acid groups (broad SMARTS) is 1. The monoisotopic (exact) mass is 415 g/mol. The fraction of sp³-hybridized carbons (Fsp3) is 0.0417. The number of aromatic hydroxyl groups is 1. The van der Waals surface area contributed by atoms with Crippen LogP contribution in [0.4, 0.5) is 5.69 Å². The van der Waals surface area contributed by atoms with Crippen molar-refractivity contribution < 1.29 is 24.2 Å². The number of hydrogen-bond donors (Lipinski definition) is 3. The van der Waals surface area contributed by atoms with Gasteiger partial charge in [-0.2, -0.15) is 0 Å². The predicted octanol–water partition coefficient (Wildman–Crippen LogP) is 4.42. The van der Waals surface area contributed by atoms with Crippen LogP contribution in [0.2, 0.25) is 0 Å². The highest BCUT2D eigenvalue weighted by atomic mass is 16.4. The van der Waals surface area contributed by atoms with E-state index in [2.05, 4.69) is 5.32 Å². The number of aromatic carboxylic acids is 1. The van der Waals surface area contributed by atoms with Crippen molar-refractivity contribution in [1.82, 2.24) is 0 Å². The van der Waals surface area contributed by atoms with Gasteiger partial charge in [0.15, 0.2) is 5.43 Å². The summed E-state index contributed by atoms with van der Waals surface area (Å²) in [5.41, 5.74) is 2.28. The maximum absolute atomic E-state index is 12.5. The summed E-state index contributed by atoms with van der Waals surface area (Å²) in [4.78, 5) is 35.8. The fourth-order valence-electron chi connectivity index (χ4n) is 3.19. The average Bonchev–Trinajstić information content (AvgIpc) is 2.74. The van der Waals surface area contributed by atoms with Crippen LogP contribution in [-0.4, -0.2) is 22.1 Å². The van der Waals surface area contributed by atoms with Crippen LogP contribution in [0, 0.1) is 6.92 Å². The third-order valence-electron chi connectivity index (χ3n) is 4.80. The molecule has 1 heterocycles. The standard InChI is InChI=1S/C24H17NO6/c1-13-2-9-21-18(10-13)20(27)12-22(31-21)14-3-5-15(6-4-14)23(28)25-16-7-8-17(24(29)30)19(26)11-16/h2-12,26H,1H3,(H,25,28)(H,29,30). The van der Waals surface area contributed by atoms with E-state index in [1.807, 2.05) is 13.0 Å². The number of rotatable bonds is 4. The molecule has 3 N–H and O–H groups in total. The third kappa shape index (κ3) is 4.02. The Hall–Kier alpha value is -4.39. The molecular formula is C24H17NO6. The molecule has 0 saturated carbocycles. The van der Waals surface area contributed by atoms with Gasteiger partial charge in [-0.05, 0) is 43.3 Å². The smallest absolute Gasteiger partial charge is 0.339 e. The largest absolute Gasteiger partial charge is 0.507 e. The van der Waals surface area contributed by atoms with E-state index in [0.29, 0.717) is 27.9 Å². The van der Waals surface area contributed by atoms with Crippen molar-refractivity contribution >= 4 is 28.5 Å². The molecule has 0 saturated heterocycles. The highest BCUT2D eigenvalue weighted by Crippen LogP contribution is 2.25. The molecule has 7 heteroatoms. The number of benzene rings is 3. The lowest BCUT2D eigenvalue weighted by Gasteiger charge is -2.08. The SMILES string of the molecule is Cc1ccc2oc(-c3ccc(C(=O)Nc4ccc(C(=O)O)c(O)c4)cc3)cc(=O)c2c1. The average molecular weight is 415 g/mol. The van der Waals surface area contributed by atoms with Gasteiger partial charge in [0.25, 0.3) is 5.91 Å². The number of amides is 1. The molecular weight excluding hydrogens is 398 g/mol. The minimum absolute atomic E-state index is 0.147. The first kappa shape index (κ1) is 19.9. The Morgan fingerprint density at radius 1 is 0.935 bits per heavy atom. The van der Waals surface area contributed by atoms with Gasteiger partial charge in [0.05, 0.1) is 5.39 Å². The molecule has 0 fully saturated rings. The second-order valence-corrected chi connectivity index (χ2v) is 7.04. The van der Waals surface area contributed by atoms with Crippen LogP contribution in [-0.2, 0) is 0 Å². The van der Waals surface area contributed by atoms with Crippen LogP contribution < -0.4 is 10.7 Å². The maximum Gasteiger partial charge on any atom is 0.339 e. The van der Waals surface area contributed by atoms with Gasteiger partial charge < -0.3 is 19.9 Å². The van der Waals surface area contributed by atoms with Crippen LogP contribution in [0.1, 0.15) is 26.3 Å². The minimum Gasteiger partial charge on any atom is -0.507 e. The zero-order valence-electron chi connectivity index (χ0n) is 16.4. The van der Waals surface area contributed by atoms with Crippen molar-refractivity contribution in [2.45, 2.75) is 6.92 Å². The lowest BCUT2D eigenvalue weighted by molar-refractivity contribution is 0.0693. The molecule has 0 atom stereocenters. The van der Waals surface area contributed by atoms with Gasteiger partial charge >= 0.3 is 5.97 Å². The number of carboxylic acids is 1. The summed E-state index contributed by atoms with van der Waals surface area (Å²) >= 11 is 0. The van der Waals surface area contributed by atoms with Gasteiger partial charge in [-0.1, -0.05) is 23.8 Å². The van der Waals surface area contributed by atoms with Crippen molar-refractivity contribution in [2.24, 2.45) is 0 Å². The molecule has 1 aromatic heterocycles. The first-order valence-corrected chi connectivity index (χ1v) is 9.34. The van der Waals surface area contributed by atoms with E-state index in [1.165, 1.54) is 24.3 Å². The van der Waals surface area contributed by atoms with Gasteiger partial charge in [-0.25, -0.2) is 4.79 Å². The van der Waals surface area contributed by atoms with Crippen molar-refractivity contribution in [3.63, 3.8) is 0 Å². The van der Waals surface area contributed by atoms with E-state index in [0.717, 1.165) is 5.56 Å². The summed E-state index contributed by atoms with van der Waals surface area (Å²) in [5, 5.41) is 21.8. The summed E-state index contributed by atoms with van der Waals surface area (Å²) in [6, 6.07) is 17.1. The van der Waals surface area contributed by atoms with Crippen molar-refractivity contribution in [2.75, 3.05) is 5.32 Å². The summed E-state index contributed by atoms with van der Waals surface area (Å²) < 4.78 is 5.85. The second kappa shape index (κ2) is 7.79. The topological polar surface area (TPSA) is 117 Å². The van der Waals surface area contributed by atoms with E-state index >= 15 is 0 Å². The minimum atomic E-state index is -1.26. The van der Waals surface area contributed by atoms with Gasteiger partial charge in [-0.3, -0.25) is 9.59 Å². The Morgan fingerprint density at radius 2 is 1.68 bits per heavy atom. The van der Waals surface area contributed by atoms with Crippen LogP contribution in [0.25, 0.3) is 22.3 Å². The van der Waals surface area contributed by atoms with Gasteiger partial charge in [-0.15, -0.1) is 0 Å². The fourth-order valence-corrected chi connectivity index (χ4v) is 3.19. The molecule has 0 aliphatic rings. The van der Waals surface area contributed by atoms with Gasteiger partial charge in [0.1, 0.15) is 22.7 Å². The molecule has 0 unspecified atom stereocenters. The van der Waals surface area contributed by atoms with Crippen LogP contribution in [0.5, 0.6) is 5.75 Å². The Balaban J connectivity index is 1.57. The summed E-state index contributed by atoms with van der Waals surface area (Å²) in [7, 11) is 0. The third-order valence-corrected chi connectivity index (χ3v) is 4.80. The van der Waals surface area contributed by atoms with E-state index in [1.54, 1.807) is 36.4 Å². The number of fused-ring (bicyclic) bond motifs is 1. The zero-order chi connectivity index (χ0) is 22.1. The summed E-state index contributed by atoms with van der Waals surface area (Å²) in [5.74, 6) is -1.75. The first-order chi connectivity index (χ1) is 14.8. The summed E-state index contributed by atoms with van der Waals surface area (Å²) in [6.07, 6.45) is 0. The Labute approximate surface area is 176 Å². The number of carbonyl (C=O) groups excluding carboxylic acids is 1. The highest BCUT2D eigenvalue weighted by Gasteiger charge is 2.13. The number of anilines is 1. The molecule has 7 nitrogen and oxygen atoms in total. The normalized spacial score (nSPS) is 10.7. The van der Waals surface area contributed by atoms with Crippen molar-refractivity contribution in [1.29, 1.82) is 0 Å². The molecule has 0 bridgehead atoms. The molecule has 4 aromatic rings. The number of aryl methyl sites for hydroxylation is 1. The van der Waals surface area contributed by atoms with Gasteiger partial charge in [0, 0.05) is 28.9 Å². The lowest BCUT2D eigenvalue weighted by atomic mass is 10.1. The highest BCUT2D eigenvalue weighted by molar-refractivity contribution is 6.05. The molecule has 154 valence electrons. The Bertz CT molecular complexity index is 1390. The number of nitrogens with one attached hydrogen (secondary N) is 1. The lowest BCUT2D eigenvalue weighted by Crippen LogP contribution is -2.12. The molecule has 1 amide bonds. The van der Waals surface area contributed by atoms with Gasteiger partial charge in [0.2, 0.25) is 0 Å². The number of phenols is 1. The van der Waals surface area contributed by atoms with E-state index in [9.17, 15) is 19.5 Å². The quantitative estimate of drug-likeness (QED) is 0.454. The van der Waals surface area contributed by atoms with Crippen LogP contribution in [0.15, 0.2) is 75.9 Å². The summed E-state index contributed by atoms with van der Waals surface area (Å²) in [6.45, 7) is 1.90. The van der Waals surface area contributed by atoms with Crippen LogP contribution >= 0.6 is 0 Å². The van der Waals surface area contributed by atoms with Crippen LogP contribution in [0.3, 0.4) is 0 Å². The zero-order valence-corrected chi connectivity index (χ0v) is 16.4. The van der Waals surface area contributed by atoms with E-state index < -0.39 is 17.6 Å². The van der Waals surface area contributed by atoms with E-state index in [-0.39, 0.29) is 16.7 Å². The first-order valence-electron chi connectivity index (χ1n) is 9.34. The molecule has 4 rings (SSSR count). The molecule has 0 spiro atoms. The Kier molecular flexibility index (Phi) is 5.00. The maximum atomic E-state index is 12.5. The van der Waals surface area contributed by atoms with Crippen molar-refractivity contribution in [3.8, 4) is 17.1 Å². The number of carbonyl (C=O) groups is 2.